The van der Waals surface area contributed by atoms with Crippen LogP contribution in [0, 0.1) is 6.92 Å². The fraction of sp³-hybridized carbons (Fsp3) is 0.160. The molecule has 0 saturated heterocycles. The molecule has 0 aliphatic carbocycles. The van der Waals surface area contributed by atoms with E-state index in [1.54, 1.807) is 0 Å². The quantitative estimate of drug-likeness (QED) is 0.301. The van der Waals surface area contributed by atoms with Gasteiger partial charge in [-0.3, -0.25) is 9.89 Å². The summed E-state index contributed by atoms with van der Waals surface area (Å²) in [4.78, 5) is 21.3. The Morgan fingerprint density at radius 2 is 1.91 bits per heavy atom. The Kier molecular flexibility index (Phi) is 6.35. The van der Waals surface area contributed by atoms with Crippen LogP contribution in [0.1, 0.15) is 23.7 Å². The smallest absolute Gasteiger partial charge is 0.227 e. The zero-order chi connectivity index (χ0) is 23.3. The van der Waals surface area contributed by atoms with Crippen LogP contribution in [0.15, 0.2) is 76.4 Å². The van der Waals surface area contributed by atoms with Gasteiger partial charge in [0.2, 0.25) is 17.0 Å². The van der Waals surface area contributed by atoms with Crippen molar-refractivity contribution in [3.63, 3.8) is 0 Å². The van der Waals surface area contributed by atoms with E-state index < -0.39 is 0 Å². The molecule has 170 valence electrons. The summed E-state index contributed by atoms with van der Waals surface area (Å²) in [5.41, 5.74) is 2.92. The number of hydrogen-bond donors (Lipinski definition) is 2. The zero-order valence-corrected chi connectivity index (χ0v) is 19.3. The Morgan fingerprint density at radius 3 is 2.79 bits per heavy atom. The van der Waals surface area contributed by atoms with Gasteiger partial charge in [-0.15, -0.1) is 5.10 Å². The van der Waals surface area contributed by atoms with Crippen molar-refractivity contribution in [1.82, 2.24) is 25.3 Å². The average Bonchev–Trinajstić information content (AvgIpc) is 3.51. The summed E-state index contributed by atoms with van der Waals surface area (Å²) < 4.78 is 5.30. The number of anilines is 1. The topological polar surface area (TPSA) is 110 Å². The van der Waals surface area contributed by atoms with Gasteiger partial charge < -0.3 is 9.84 Å². The van der Waals surface area contributed by atoms with Crippen molar-refractivity contribution in [1.29, 1.82) is 0 Å². The van der Waals surface area contributed by atoms with Gasteiger partial charge in [-0.25, -0.2) is 4.98 Å². The molecule has 2 N–H and O–H groups in total. The number of carbonyl (C=O) groups excluding carboxylic acids is 1. The molecule has 0 spiro atoms. The van der Waals surface area contributed by atoms with Crippen molar-refractivity contribution in [2.45, 2.75) is 30.7 Å². The molecule has 0 unspecified atom stereocenters. The van der Waals surface area contributed by atoms with Gasteiger partial charge in [0.1, 0.15) is 0 Å². The molecule has 0 fully saturated rings. The molecule has 0 saturated carbocycles. The fourth-order valence-corrected chi connectivity index (χ4v) is 4.16. The number of rotatable bonds is 8. The van der Waals surface area contributed by atoms with E-state index in [4.69, 9.17) is 4.52 Å². The van der Waals surface area contributed by atoms with E-state index in [1.165, 1.54) is 11.8 Å². The summed E-state index contributed by atoms with van der Waals surface area (Å²) in [6.07, 6.45) is 0.623. The van der Waals surface area contributed by atoms with E-state index in [2.05, 4.69) is 36.7 Å². The van der Waals surface area contributed by atoms with Gasteiger partial charge in [-0.05, 0) is 35.9 Å². The number of aryl methyl sites for hydroxylation is 2. The van der Waals surface area contributed by atoms with Crippen molar-refractivity contribution < 1.29 is 9.32 Å². The molecule has 3 aromatic carbocycles. The molecule has 5 rings (SSSR count). The number of carbonyl (C=O) groups is 1. The van der Waals surface area contributed by atoms with Crippen LogP contribution in [0.25, 0.3) is 22.2 Å². The number of amides is 1. The molecule has 0 atom stereocenters. The molecule has 5 aromatic rings. The van der Waals surface area contributed by atoms with Gasteiger partial charge in [0, 0.05) is 24.1 Å². The first-order chi connectivity index (χ1) is 16.6. The van der Waals surface area contributed by atoms with Crippen molar-refractivity contribution in [3.8, 4) is 11.4 Å². The number of aromatic amines is 1. The van der Waals surface area contributed by atoms with Gasteiger partial charge in [0.05, 0.1) is 5.75 Å². The first-order valence-corrected chi connectivity index (χ1v) is 11.8. The lowest BCUT2D eigenvalue weighted by Gasteiger charge is -2.05. The van der Waals surface area contributed by atoms with Crippen LogP contribution in [0.4, 0.5) is 5.69 Å². The third-order valence-corrected chi connectivity index (χ3v) is 6.04. The highest BCUT2D eigenvalue weighted by Crippen LogP contribution is 2.22. The maximum Gasteiger partial charge on any atom is 0.227 e. The Hall–Kier alpha value is -3.98. The second-order valence-corrected chi connectivity index (χ2v) is 8.78. The predicted molar refractivity (Wildman–Crippen MR) is 131 cm³/mol. The number of hydrogen-bond acceptors (Lipinski definition) is 7. The van der Waals surface area contributed by atoms with Crippen LogP contribution in [-0.2, 0) is 17.0 Å². The second kappa shape index (κ2) is 9.88. The third kappa shape index (κ3) is 5.32. The Morgan fingerprint density at radius 1 is 1.03 bits per heavy atom. The minimum atomic E-state index is -0.103. The molecular weight excluding hydrogens is 448 g/mol. The van der Waals surface area contributed by atoms with Crippen LogP contribution in [-0.4, -0.2) is 31.2 Å². The SMILES string of the molecule is Cc1cccc(-c2nc(SCc3noc(CCC(=O)Nc4ccc5ccccc5c4)n3)n[nH]2)c1. The molecular formula is C25H22N6O2S. The van der Waals surface area contributed by atoms with Crippen molar-refractivity contribution in [2.24, 2.45) is 0 Å². The molecule has 0 aliphatic rings. The van der Waals surface area contributed by atoms with Crippen LogP contribution in [0.5, 0.6) is 0 Å². The monoisotopic (exact) mass is 470 g/mol. The van der Waals surface area contributed by atoms with Gasteiger partial charge >= 0.3 is 0 Å². The molecule has 8 nitrogen and oxygen atoms in total. The Bertz CT molecular complexity index is 1440. The lowest BCUT2D eigenvalue weighted by Crippen LogP contribution is -2.12. The van der Waals surface area contributed by atoms with Gasteiger partial charge in [-0.1, -0.05) is 71.0 Å². The number of nitrogens with one attached hydrogen (secondary N) is 2. The Labute approximate surface area is 200 Å². The van der Waals surface area contributed by atoms with Gasteiger partial charge in [0.15, 0.2) is 11.6 Å². The van der Waals surface area contributed by atoms with Crippen LogP contribution >= 0.6 is 11.8 Å². The van der Waals surface area contributed by atoms with Crippen LogP contribution in [0.3, 0.4) is 0 Å². The summed E-state index contributed by atoms with van der Waals surface area (Å²) in [6, 6.07) is 21.9. The lowest BCUT2D eigenvalue weighted by atomic mass is 10.1. The molecule has 0 aliphatic heterocycles. The van der Waals surface area contributed by atoms with Gasteiger partial charge in [-0.2, -0.15) is 4.98 Å². The van der Waals surface area contributed by atoms with E-state index in [1.807, 2.05) is 67.6 Å². The summed E-state index contributed by atoms with van der Waals surface area (Å²) in [5.74, 6) is 2.06. The predicted octanol–water partition coefficient (Wildman–Crippen LogP) is 5.18. The van der Waals surface area contributed by atoms with E-state index in [9.17, 15) is 4.79 Å². The first-order valence-electron chi connectivity index (χ1n) is 10.8. The standard InChI is InChI=1S/C25H22N6O2S/c1-16-5-4-8-19(13-16)24-28-25(30-29-24)34-15-21-27-23(33-31-21)12-11-22(32)26-20-10-9-17-6-2-3-7-18(17)14-20/h2-10,13-14H,11-12,15H2,1H3,(H,26,32)(H,28,29,30). The normalized spacial score (nSPS) is 11.1. The lowest BCUT2D eigenvalue weighted by molar-refractivity contribution is -0.116. The number of H-pyrrole nitrogens is 1. The summed E-state index contributed by atoms with van der Waals surface area (Å²) in [7, 11) is 0. The minimum Gasteiger partial charge on any atom is -0.339 e. The number of nitrogens with zero attached hydrogens (tertiary/aromatic N) is 4. The number of fused-ring (bicyclic) bond motifs is 1. The molecule has 9 heteroatoms. The number of aromatic nitrogens is 5. The van der Waals surface area contributed by atoms with Crippen LogP contribution in [0.2, 0.25) is 0 Å². The largest absolute Gasteiger partial charge is 0.339 e. The van der Waals surface area contributed by atoms with Crippen LogP contribution < -0.4 is 5.32 Å². The van der Waals surface area contributed by atoms with Crippen molar-refractivity contribution in [3.05, 3.63) is 84.0 Å². The molecule has 2 aromatic heterocycles. The van der Waals surface area contributed by atoms with E-state index in [0.29, 0.717) is 29.0 Å². The minimum absolute atomic E-state index is 0.103. The molecule has 0 radical (unpaired) electrons. The maximum atomic E-state index is 12.4. The zero-order valence-electron chi connectivity index (χ0n) is 18.5. The maximum absolute atomic E-state index is 12.4. The molecule has 0 bridgehead atoms. The van der Waals surface area contributed by atoms with Crippen molar-refractivity contribution >= 4 is 34.1 Å². The van der Waals surface area contributed by atoms with E-state index in [-0.39, 0.29) is 12.3 Å². The summed E-state index contributed by atoms with van der Waals surface area (Å²) in [6.45, 7) is 2.04. The fourth-order valence-electron chi connectivity index (χ4n) is 3.52. The van der Waals surface area contributed by atoms with Gasteiger partial charge in [0.25, 0.3) is 0 Å². The second-order valence-electron chi connectivity index (χ2n) is 7.84. The molecule has 2 heterocycles. The van der Waals surface area contributed by atoms with E-state index in [0.717, 1.165) is 33.4 Å². The molecule has 1 amide bonds. The summed E-state index contributed by atoms with van der Waals surface area (Å²) >= 11 is 1.42. The summed E-state index contributed by atoms with van der Waals surface area (Å²) in [5, 5.41) is 17.0. The molecule has 34 heavy (non-hydrogen) atoms. The average molecular weight is 471 g/mol. The third-order valence-electron chi connectivity index (χ3n) is 5.20. The van der Waals surface area contributed by atoms with Crippen molar-refractivity contribution in [2.75, 3.05) is 5.32 Å². The van der Waals surface area contributed by atoms with E-state index >= 15 is 0 Å². The highest BCUT2D eigenvalue weighted by atomic mass is 32.2. The Balaban J connectivity index is 1.11. The number of benzene rings is 3. The first kappa shape index (κ1) is 21.8. The highest BCUT2D eigenvalue weighted by molar-refractivity contribution is 7.98. The highest BCUT2D eigenvalue weighted by Gasteiger charge is 2.12. The number of thioether (sulfide) groups is 1.